The Morgan fingerprint density at radius 3 is 2.58 bits per heavy atom. The predicted octanol–water partition coefficient (Wildman–Crippen LogP) is 4.97. The Kier molecular flexibility index (Phi) is 4.62. The normalized spacial score (nSPS) is 60.9. The molecule has 4 heteroatoms. The van der Waals surface area contributed by atoms with E-state index in [2.05, 4.69) is 27.7 Å². The first-order valence-electron chi connectivity index (χ1n) is 13.2. The molecule has 1 spiro atoms. The van der Waals surface area contributed by atoms with Crippen molar-refractivity contribution in [3.8, 4) is 0 Å². The van der Waals surface area contributed by atoms with E-state index in [9.17, 15) is 9.90 Å². The van der Waals surface area contributed by atoms with Crippen LogP contribution in [0.25, 0.3) is 0 Å². The van der Waals surface area contributed by atoms with Crippen LogP contribution in [0.2, 0.25) is 0 Å². The molecule has 4 aliphatic carbocycles. The van der Waals surface area contributed by atoms with Crippen molar-refractivity contribution < 1.29 is 19.4 Å². The summed E-state index contributed by atoms with van der Waals surface area (Å²) in [5.41, 5.74) is 0.155. The molecule has 31 heavy (non-hydrogen) atoms. The van der Waals surface area contributed by atoms with Gasteiger partial charge in [-0.3, -0.25) is 4.79 Å². The summed E-state index contributed by atoms with van der Waals surface area (Å²) >= 11 is 0. The summed E-state index contributed by atoms with van der Waals surface area (Å²) in [5.74, 6) is 3.69. The molecule has 2 saturated heterocycles. The number of aliphatic hydroxyl groups is 1. The first kappa shape index (κ1) is 21.1. The van der Waals surface area contributed by atoms with Gasteiger partial charge in [-0.1, -0.05) is 27.7 Å². The standard InChI is InChI=1S/C27H42O4/c1-15-7-10-27(30-14-15)16(2)24-22(31-27)12-21-19-6-5-17-11-18(28)8-9-25(17,3)20(19)13-23(29)26(21,24)4/h15-17,19-24,29H,5-14H2,1-4H3/t15-,16+,17+,19-,20+,21+,22+,23-,24+,25+,26-,27-/m1/s1. The van der Waals surface area contributed by atoms with Gasteiger partial charge in [0.05, 0.1) is 18.8 Å². The average molecular weight is 431 g/mol. The van der Waals surface area contributed by atoms with Gasteiger partial charge < -0.3 is 14.6 Å². The van der Waals surface area contributed by atoms with E-state index in [-0.39, 0.29) is 23.0 Å². The number of hydrogen-bond acceptors (Lipinski definition) is 4. The molecule has 2 heterocycles. The number of rotatable bonds is 0. The summed E-state index contributed by atoms with van der Waals surface area (Å²) in [6.07, 6.45) is 9.12. The van der Waals surface area contributed by atoms with Gasteiger partial charge in [0.2, 0.25) is 0 Å². The van der Waals surface area contributed by atoms with Gasteiger partial charge in [0.25, 0.3) is 0 Å². The van der Waals surface area contributed by atoms with E-state index in [1.807, 2.05) is 0 Å². The van der Waals surface area contributed by atoms with Gasteiger partial charge in [-0.05, 0) is 73.5 Å². The number of carbonyl (C=O) groups excluding carboxylic acids is 1. The molecule has 1 N–H and O–H groups in total. The Bertz CT molecular complexity index is 756. The van der Waals surface area contributed by atoms with Gasteiger partial charge >= 0.3 is 0 Å². The van der Waals surface area contributed by atoms with Gasteiger partial charge in [-0.15, -0.1) is 0 Å². The van der Waals surface area contributed by atoms with Crippen molar-refractivity contribution in [1.29, 1.82) is 0 Å². The molecular formula is C27H42O4. The van der Waals surface area contributed by atoms with Gasteiger partial charge in [0.15, 0.2) is 5.79 Å². The Morgan fingerprint density at radius 1 is 1.03 bits per heavy atom. The smallest absolute Gasteiger partial charge is 0.171 e. The van der Waals surface area contributed by atoms with E-state index in [4.69, 9.17) is 9.47 Å². The maximum absolute atomic E-state index is 12.2. The fourth-order valence-corrected chi connectivity index (χ4v) is 10.0. The molecule has 0 aromatic heterocycles. The third kappa shape index (κ3) is 2.68. The number of ether oxygens (including phenoxy) is 2. The lowest BCUT2D eigenvalue weighted by molar-refractivity contribution is -0.274. The van der Waals surface area contributed by atoms with E-state index in [1.54, 1.807) is 0 Å². The lowest BCUT2D eigenvalue weighted by Crippen LogP contribution is -2.59. The third-order valence-corrected chi connectivity index (χ3v) is 11.9. The number of ketones is 1. The number of Topliss-reactive ketones (excluding diaryl/α,β-unsaturated/α-hetero) is 1. The molecule has 4 saturated carbocycles. The molecule has 0 radical (unpaired) electrons. The molecule has 0 aromatic carbocycles. The van der Waals surface area contributed by atoms with Crippen LogP contribution in [-0.2, 0) is 14.3 Å². The van der Waals surface area contributed by atoms with E-state index in [0.717, 1.165) is 45.1 Å². The highest BCUT2D eigenvalue weighted by Gasteiger charge is 2.71. The van der Waals surface area contributed by atoms with E-state index >= 15 is 0 Å². The molecule has 6 aliphatic rings. The Hall–Kier alpha value is -0.450. The molecule has 12 atom stereocenters. The monoisotopic (exact) mass is 430 g/mol. The zero-order chi connectivity index (χ0) is 21.8. The summed E-state index contributed by atoms with van der Waals surface area (Å²) in [5, 5.41) is 11.8. The molecule has 6 rings (SSSR count). The summed E-state index contributed by atoms with van der Waals surface area (Å²) in [6, 6.07) is 0. The van der Waals surface area contributed by atoms with Gasteiger partial charge in [0.1, 0.15) is 5.78 Å². The highest BCUT2D eigenvalue weighted by molar-refractivity contribution is 5.79. The second-order valence-electron chi connectivity index (χ2n) is 13.0. The predicted molar refractivity (Wildman–Crippen MR) is 118 cm³/mol. The van der Waals surface area contributed by atoms with Crippen molar-refractivity contribution in [2.75, 3.05) is 6.61 Å². The number of aliphatic hydroxyl groups excluding tert-OH is 1. The van der Waals surface area contributed by atoms with Crippen LogP contribution in [0.5, 0.6) is 0 Å². The molecule has 174 valence electrons. The minimum absolute atomic E-state index is 0.0745. The van der Waals surface area contributed by atoms with Crippen molar-refractivity contribution in [3.05, 3.63) is 0 Å². The molecule has 4 nitrogen and oxygen atoms in total. The SMILES string of the molecule is C[C@@H]1CC[C@@]2(OC1)O[C@H]1C[C@H]3[C@@H]4CC[C@H]5CC(=O)CC[C@]5(C)[C@H]4C[C@@H](O)[C@]3(C)[C@H]1[C@@H]2C. The molecule has 2 aliphatic heterocycles. The molecule has 0 bridgehead atoms. The maximum atomic E-state index is 12.2. The van der Waals surface area contributed by atoms with Crippen LogP contribution < -0.4 is 0 Å². The minimum atomic E-state index is -0.417. The minimum Gasteiger partial charge on any atom is -0.393 e. The van der Waals surface area contributed by atoms with E-state index in [1.165, 1.54) is 19.3 Å². The molecule has 6 fully saturated rings. The summed E-state index contributed by atoms with van der Waals surface area (Å²) in [4.78, 5) is 12.2. The first-order chi connectivity index (χ1) is 14.7. The fraction of sp³-hybridized carbons (Fsp3) is 0.963. The van der Waals surface area contributed by atoms with Gasteiger partial charge in [0, 0.05) is 36.5 Å². The van der Waals surface area contributed by atoms with Crippen molar-refractivity contribution in [1.82, 2.24) is 0 Å². The second-order valence-corrected chi connectivity index (χ2v) is 13.0. The van der Waals surface area contributed by atoms with Crippen LogP contribution in [0, 0.1) is 52.3 Å². The summed E-state index contributed by atoms with van der Waals surface area (Å²) in [6.45, 7) is 10.3. The lowest BCUT2D eigenvalue weighted by Gasteiger charge is -2.62. The molecule has 0 amide bonds. The van der Waals surface area contributed by atoms with Crippen LogP contribution >= 0.6 is 0 Å². The summed E-state index contributed by atoms with van der Waals surface area (Å²) in [7, 11) is 0. The molecule has 0 unspecified atom stereocenters. The number of fused-ring (bicyclic) bond motifs is 7. The van der Waals surface area contributed by atoms with Gasteiger partial charge in [-0.25, -0.2) is 0 Å². The quantitative estimate of drug-likeness (QED) is 0.589. The second kappa shape index (κ2) is 6.79. The van der Waals surface area contributed by atoms with Gasteiger partial charge in [-0.2, -0.15) is 0 Å². The van der Waals surface area contributed by atoms with Crippen LogP contribution in [0.1, 0.15) is 85.5 Å². The highest BCUT2D eigenvalue weighted by atomic mass is 16.7. The first-order valence-corrected chi connectivity index (χ1v) is 13.2. The Morgan fingerprint density at radius 2 is 1.84 bits per heavy atom. The van der Waals surface area contributed by atoms with Crippen molar-refractivity contribution in [2.45, 2.75) is 103 Å². The van der Waals surface area contributed by atoms with Crippen molar-refractivity contribution in [3.63, 3.8) is 0 Å². The average Bonchev–Trinajstić information content (AvgIpc) is 3.18. The van der Waals surface area contributed by atoms with Crippen molar-refractivity contribution >= 4 is 5.78 Å². The molecular weight excluding hydrogens is 388 g/mol. The van der Waals surface area contributed by atoms with Crippen molar-refractivity contribution in [2.24, 2.45) is 52.3 Å². The van der Waals surface area contributed by atoms with E-state index in [0.29, 0.717) is 47.2 Å². The zero-order valence-electron chi connectivity index (χ0n) is 19.9. The maximum Gasteiger partial charge on any atom is 0.171 e. The van der Waals surface area contributed by atoms with Crippen LogP contribution in [-0.4, -0.2) is 35.5 Å². The largest absolute Gasteiger partial charge is 0.393 e. The molecule has 0 aromatic rings. The summed E-state index contributed by atoms with van der Waals surface area (Å²) < 4.78 is 13.2. The number of hydrogen-bond donors (Lipinski definition) is 1. The van der Waals surface area contributed by atoms with Crippen LogP contribution in [0.15, 0.2) is 0 Å². The van der Waals surface area contributed by atoms with Crippen LogP contribution in [0.4, 0.5) is 0 Å². The van der Waals surface area contributed by atoms with E-state index < -0.39 is 5.79 Å². The fourth-order valence-electron chi connectivity index (χ4n) is 10.0. The Labute approximate surface area is 187 Å². The zero-order valence-corrected chi connectivity index (χ0v) is 19.9. The number of carbonyl (C=O) groups is 1. The van der Waals surface area contributed by atoms with Crippen LogP contribution in [0.3, 0.4) is 0 Å². The topological polar surface area (TPSA) is 55.8 Å². The lowest BCUT2D eigenvalue weighted by atomic mass is 9.43. The Balaban J connectivity index is 1.30. The highest BCUT2D eigenvalue weighted by Crippen LogP contribution is 2.71. The third-order valence-electron chi connectivity index (χ3n) is 11.9.